The maximum Gasteiger partial charge on any atom is 0.741 e. The van der Waals surface area contributed by atoms with Crippen LogP contribution in [-0.4, -0.2) is 18.0 Å². The lowest BCUT2D eigenvalue weighted by Gasteiger charge is -2.32. The molecule has 5 nitrogen and oxygen atoms in total. The highest BCUT2D eigenvalue weighted by molar-refractivity contribution is 7.19. The minimum atomic E-state index is -4.18. The average molecular weight is 372 g/mol. The number of anilines is 1. The summed E-state index contributed by atoms with van der Waals surface area (Å²) in [4.78, 5) is 11.8. The summed E-state index contributed by atoms with van der Waals surface area (Å²) >= 11 is 1.28. The summed E-state index contributed by atoms with van der Waals surface area (Å²) < 4.78 is 38.5. The van der Waals surface area contributed by atoms with Gasteiger partial charge in [0.05, 0.1) is 22.9 Å². The molecule has 0 atom stereocenters. The van der Waals surface area contributed by atoms with Gasteiger partial charge in [-0.05, 0) is 23.8 Å². The molecule has 0 bridgehead atoms. The fourth-order valence-electron chi connectivity index (χ4n) is 3.49. The third-order valence-electron chi connectivity index (χ3n) is 4.54. The third kappa shape index (κ3) is 2.00. The Morgan fingerprint density at radius 3 is 2.88 bits per heavy atom. The van der Waals surface area contributed by atoms with E-state index in [-0.39, 0.29) is 18.0 Å². The minimum Gasteiger partial charge on any atom is -0.481 e. The lowest BCUT2D eigenvalue weighted by molar-refractivity contribution is -0.536. The van der Waals surface area contributed by atoms with Crippen molar-refractivity contribution in [1.82, 2.24) is 0 Å². The molecule has 3 heterocycles. The average Bonchev–Trinajstić information content (AvgIpc) is 3.12. The molecule has 9 heteroatoms. The van der Waals surface area contributed by atoms with E-state index in [0.717, 1.165) is 14.0 Å². The number of hydrogen-bond donors (Lipinski definition) is 1. The van der Waals surface area contributed by atoms with Gasteiger partial charge in [0.2, 0.25) is 5.01 Å². The molecule has 1 aromatic heterocycles. The summed E-state index contributed by atoms with van der Waals surface area (Å²) in [6, 6.07) is 11.6. The number of carbonyl (C=O) groups is 1. The van der Waals surface area contributed by atoms with Crippen LogP contribution in [0.15, 0.2) is 48.3 Å². The number of benzene rings is 2. The van der Waals surface area contributed by atoms with Gasteiger partial charge in [-0.3, -0.25) is 4.79 Å². The van der Waals surface area contributed by atoms with Crippen LogP contribution in [0.4, 0.5) is 14.3 Å². The van der Waals surface area contributed by atoms with Crippen LogP contribution in [0.25, 0.3) is 16.3 Å². The van der Waals surface area contributed by atoms with E-state index < -0.39 is 12.9 Å². The van der Waals surface area contributed by atoms with Crippen molar-refractivity contribution in [3.05, 3.63) is 58.9 Å². The first kappa shape index (κ1) is 15.3. The van der Waals surface area contributed by atoms with E-state index in [4.69, 9.17) is 9.84 Å². The molecule has 2 aliphatic rings. The van der Waals surface area contributed by atoms with Crippen molar-refractivity contribution >= 4 is 46.3 Å². The maximum absolute atomic E-state index is 15.5. The van der Waals surface area contributed by atoms with Crippen molar-refractivity contribution in [3.63, 3.8) is 0 Å². The Morgan fingerprint density at radius 2 is 2.08 bits per heavy atom. The van der Waals surface area contributed by atoms with Crippen LogP contribution in [-0.2, 0) is 11.2 Å². The number of nitrogens with zero attached hydrogens (tertiary/aromatic N) is 2. The zero-order valence-electron chi connectivity index (χ0n) is 13.2. The molecule has 1 N–H and O–H groups in total. The highest BCUT2D eigenvalue weighted by Crippen LogP contribution is 2.45. The van der Waals surface area contributed by atoms with Crippen molar-refractivity contribution < 1.29 is 27.7 Å². The van der Waals surface area contributed by atoms with E-state index in [1.54, 1.807) is 30.3 Å². The number of thiazole rings is 1. The summed E-state index contributed by atoms with van der Waals surface area (Å²) in [6.07, 6.45) is 1.36. The number of carboxylic acid groups (broad SMARTS) is 1. The lowest BCUT2D eigenvalue weighted by Crippen LogP contribution is -2.71. The van der Waals surface area contributed by atoms with E-state index in [1.165, 1.54) is 23.5 Å². The molecule has 130 valence electrons. The predicted octanol–water partition coefficient (Wildman–Crippen LogP) is 3.25. The number of aromatic nitrogens is 1. The Balaban J connectivity index is 1.71. The first-order chi connectivity index (χ1) is 12.4. The second-order valence-corrected chi connectivity index (χ2v) is 7.26. The second-order valence-electron chi connectivity index (χ2n) is 6.19. The third-order valence-corrected chi connectivity index (χ3v) is 5.62. The number of hydrogen-bond acceptors (Lipinski definition) is 4. The van der Waals surface area contributed by atoms with Gasteiger partial charge in [0, 0.05) is 6.07 Å². The minimum absolute atomic E-state index is 0.0593. The lowest BCUT2D eigenvalue weighted by atomic mass is 9.89. The van der Waals surface area contributed by atoms with Crippen LogP contribution in [0.2, 0.25) is 0 Å². The van der Waals surface area contributed by atoms with E-state index in [2.05, 4.69) is 0 Å². The van der Waals surface area contributed by atoms with E-state index in [1.807, 2.05) is 6.07 Å². The van der Waals surface area contributed by atoms with Crippen molar-refractivity contribution in [3.8, 4) is 5.75 Å². The number of aliphatic carboxylic acids is 1. The van der Waals surface area contributed by atoms with Crippen LogP contribution in [0, 0.1) is 0 Å². The molecule has 0 amide bonds. The molecule has 0 fully saturated rings. The summed E-state index contributed by atoms with van der Waals surface area (Å²) in [7, 11) is 0. The van der Waals surface area contributed by atoms with Gasteiger partial charge in [0.25, 0.3) is 0 Å². The van der Waals surface area contributed by atoms with Gasteiger partial charge in [-0.2, -0.15) is 0 Å². The molecule has 5 rings (SSSR count). The molecule has 0 saturated heterocycles. The molecule has 0 radical (unpaired) electrons. The van der Waals surface area contributed by atoms with E-state index in [0.29, 0.717) is 21.8 Å². The fourth-order valence-corrected chi connectivity index (χ4v) is 4.61. The Kier molecular flexibility index (Phi) is 2.97. The Hall–Kier alpha value is -2.94. The summed E-state index contributed by atoms with van der Waals surface area (Å²) in [5, 5.41) is 9.39. The molecule has 0 saturated carbocycles. The van der Waals surface area contributed by atoms with Gasteiger partial charge in [0.1, 0.15) is 5.75 Å². The highest BCUT2D eigenvalue weighted by Gasteiger charge is 2.57. The first-order valence-electron chi connectivity index (χ1n) is 7.94. The van der Waals surface area contributed by atoms with Gasteiger partial charge in [-0.25, -0.2) is 0 Å². The molecular weight excluding hydrogens is 361 g/mol. The van der Waals surface area contributed by atoms with Gasteiger partial charge in [-0.15, -0.1) is 0 Å². The molecule has 0 spiro atoms. The van der Waals surface area contributed by atoms with Crippen molar-refractivity contribution in [2.75, 3.05) is 4.81 Å². The number of halogens is 2. The number of fused-ring (bicyclic) bond motifs is 6. The summed E-state index contributed by atoms with van der Waals surface area (Å²) in [5.41, 5.74) is 1.09. The topological polar surface area (TPSA) is 53.7 Å². The molecule has 3 aromatic rings. The van der Waals surface area contributed by atoms with Crippen LogP contribution in [0.1, 0.15) is 10.6 Å². The zero-order chi connectivity index (χ0) is 18.1. The summed E-state index contributed by atoms with van der Waals surface area (Å²) in [5.74, 6) is -0.660. The Morgan fingerprint density at radius 1 is 1.27 bits per heavy atom. The number of ether oxygens (including phenoxy) is 1. The Bertz CT molecular complexity index is 1130. The number of carboxylic acids is 1. The highest BCUT2D eigenvalue weighted by atomic mass is 32.1. The van der Waals surface area contributed by atoms with Gasteiger partial charge >= 0.3 is 12.9 Å². The molecule has 2 aromatic carbocycles. The molecule has 2 aliphatic heterocycles. The second kappa shape index (κ2) is 5.04. The largest absolute Gasteiger partial charge is 0.741 e. The molecule has 26 heavy (non-hydrogen) atoms. The van der Waals surface area contributed by atoms with Crippen LogP contribution < -0.4 is 14.0 Å². The molecule has 0 unspecified atom stereocenters. The molecule has 0 aliphatic carbocycles. The van der Waals surface area contributed by atoms with Crippen LogP contribution in [0.3, 0.4) is 0 Å². The fraction of sp³-hybridized carbons (Fsp3) is 0.0588. The maximum atomic E-state index is 15.5. The van der Waals surface area contributed by atoms with Crippen molar-refractivity contribution in [2.45, 2.75) is 6.42 Å². The van der Waals surface area contributed by atoms with Gasteiger partial charge < -0.3 is 27.8 Å². The van der Waals surface area contributed by atoms with Crippen LogP contribution >= 0.6 is 11.3 Å². The quantitative estimate of drug-likeness (QED) is 0.702. The first-order valence-corrected chi connectivity index (χ1v) is 8.76. The van der Waals surface area contributed by atoms with Crippen LogP contribution in [0.5, 0.6) is 5.75 Å². The zero-order valence-corrected chi connectivity index (χ0v) is 14.0. The standard InChI is InChI=1S/C17H11BF2N2O3S/c19-18(20)21-12-7-10(8-17(23)24)5-6-13(12)25-15(21)9-16-22(18)11-3-1-2-4-14(11)26-16/h1-7,9H,8H2,(H,23,24). The van der Waals surface area contributed by atoms with Crippen molar-refractivity contribution in [1.29, 1.82) is 0 Å². The Labute approximate surface area is 150 Å². The van der Waals surface area contributed by atoms with Gasteiger partial charge in [0.15, 0.2) is 11.4 Å². The predicted molar refractivity (Wildman–Crippen MR) is 94.3 cm³/mol. The molecular formula is C17H11BF2N2O3S. The smallest absolute Gasteiger partial charge is 0.481 e. The summed E-state index contributed by atoms with van der Waals surface area (Å²) in [6.45, 7) is -4.18. The normalized spacial score (nSPS) is 16.5. The van der Waals surface area contributed by atoms with E-state index in [9.17, 15) is 4.79 Å². The number of rotatable bonds is 2. The number of para-hydroxylation sites is 1. The monoisotopic (exact) mass is 372 g/mol. The van der Waals surface area contributed by atoms with Crippen molar-refractivity contribution in [2.24, 2.45) is 0 Å². The SMILES string of the molecule is O=C(O)Cc1ccc2c(c1)N1C(=Cc3sc4ccccc4[n+]3[B-]1(F)F)O2. The van der Waals surface area contributed by atoms with Gasteiger partial charge in [-0.1, -0.05) is 29.5 Å². The van der Waals surface area contributed by atoms with E-state index >= 15 is 8.63 Å².